The molecule has 4 rings (SSSR count). The molecular weight excluding hydrogens is 499 g/mol. The molecule has 1 aromatic heterocycles. The number of pyridine rings is 1. The third-order valence-electron chi connectivity index (χ3n) is 5.56. The van der Waals surface area contributed by atoms with E-state index >= 15 is 0 Å². The van der Waals surface area contributed by atoms with Gasteiger partial charge < -0.3 is 15.2 Å². The lowest BCUT2D eigenvalue weighted by atomic mass is 10.0. The largest absolute Gasteiger partial charge is 0.489 e. The SMILES string of the molecule is O=C(N[C@@H](Cc1ccc(OCc2c(Cl)cncc2Cl)cc1)C(=O)O)c1ccc(-c2ccccc2)cc1. The summed E-state index contributed by atoms with van der Waals surface area (Å²) in [5.41, 5.74) is 3.75. The molecule has 0 aliphatic carbocycles. The average Bonchev–Trinajstić information content (AvgIpc) is 2.89. The molecule has 4 aromatic rings. The summed E-state index contributed by atoms with van der Waals surface area (Å²) in [5, 5.41) is 13.1. The average molecular weight is 521 g/mol. The number of carbonyl (C=O) groups is 2. The molecule has 36 heavy (non-hydrogen) atoms. The third kappa shape index (κ3) is 6.42. The zero-order chi connectivity index (χ0) is 25.5. The summed E-state index contributed by atoms with van der Waals surface area (Å²) in [6, 6.07) is 22.7. The highest BCUT2D eigenvalue weighted by Crippen LogP contribution is 2.25. The maximum atomic E-state index is 12.7. The van der Waals surface area contributed by atoms with Gasteiger partial charge in [-0.2, -0.15) is 0 Å². The van der Waals surface area contributed by atoms with Crippen molar-refractivity contribution in [3.63, 3.8) is 0 Å². The molecule has 0 spiro atoms. The van der Waals surface area contributed by atoms with E-state index in [0.29, 0.717) is 26.9 Å². The van der Waals surface area contributed by atoms with E-state index in [9.17, 15) is 14.7 Å². The molecule has 0 saturated carbocycles. The standard InChI is InChI=1S/C28H22Cl2N2O4/c29-24-15-31-16-25(30)23(24)17-36-22-12-6-18(7-13-22)14-26(28(34)35)32-27(33)21-10-8-20(9-11-21)19-4-2-1-3-5-19/h1-13,15-16,26H,14,17H2,(H,32,33)(H,34,35)/t26-/m0/s1. The molecule has 1 atom stereocenters. The first-order valence-electron chi connectivity index (χ1n) is 11.1. The second-order valence-electron chi connectivity index (χ2n) is 8.03. The molecule has 182 valence electrons. The van der Waals surface area contributed by atoms with Gasteiger partial charge in [-0.05, 0) is 41.0 Å². The van der Waals surface area contributed by atoms with Gasteiger partial charge in [0.2, 0.25) is 0 Å². The van der Waals surface area contributed by atoms with E-state index < -0.39 is 17.9 Å². The minimum absolute atomic E-state index is 0.117. The monoisotopic (exact) mass is 520 g/mol. The molecule has 0 fully saturated rings. The number of ether oxygens (including phenoxy) is 1. The van der Waals surface area contributed by atoms with E-state index in [-0.39, 0.29) is 13.0 Å². The summed E-state index contributed by atoms with van der Waals surface area (Å²) in [6.45, 7) is 0.163. The number of hydrogen-bond donors (Lipinski definition) is 2. The molecule has 3 aromatic carbocycles. The zero-order valence-electron chi connectivity index (χ0n) is 19.0. The Morgan fingerprint density at radius 2 is 1.47 bits per heavy atom. The molecule has 1 heterocycles. The summed E-state index contributed by atoms with van der Waals surface area (Å²) in [5.74, 6) is -1.00. The molecular formula is C28H22Cl2N2O4. The summed E-state index contributed by atoms with van der Waals surface area (Å²) >= 11 is 12.2. The first-order valence-corrected chi connectivity index (χ1v) is 11.8. The van der Waals surface area contributed by atoms with Crippen LogP contribution in [0.25, 0.3) is 11.1 Å². The number of benzene rings is 3. The van der Waals surface area contributed by atoms with Crippen molar-refractivity contribution < 1.29 is 19.4 Å². The number of amides is 1. The lowest BCUT2D eigenvalue weighted by Gasteiger charge is -2.15. The third-order valence-corrected chi connectivity index (χ3v) is 6.21. The van der Waals surface area contributed by atoms with Crippen molar-refractivity contribution in [3.05, 3.63) is 118 Å². The van der Waals surface area contributed by atoms with E-state index in [1.165, 1.54) is 12.4 Å². The summed E-state index contributed by atoms with van der Waals surface area (Å²) < 4.78 is 5.74. The summed E-state index contributed by atoms with van der Waals surface area (Å²) in [4.78, 5) is 28.4. The highest BCUT2D eigenvalue weighted by atomic mass is 35.5. The second kappa shape index (κ2) is 11.7. The Morgan fingerprint density at radius 3 is 2.08 bits per heavy atom. The van der Waals surface area contributed by atoms with Gasteiger partial charge in [0.15, 0.2) is 0 Å². The fraction of sp³-hybridized carbons (Fsp3) is 0.107. The van der Waals surface area contributed by atoms with E-state index in [0.717, 1.165) is 16.7 Å². The van der Waals surface area contributed by atoms with Crippen molar-refractivity contribution in [3.8, 4) is 16.9 Å². The van der Waals surface area contributed by atoms with Crippen LogP contribution in [0.5, 0.6) is 5.75 Å². The van der Waals surface area contributed by atoms with Crippen molar-refractivity contribution in [2.45, 2.75) is 19.1 Å². The van der Waals surface area contributed by atoms with Gasteiger partial charge in [-0.25, -0.2) is 4.79 Å². The van der Waals surface area contributed by atoms with Gasteiger partial charge >= 0.3 is 5.97 Å². The van der Waals surface area contributed by atoms with Gasteiger partial charge in [-0.15, -0.1) is 0 Å². The molecule has 8 heteroatoms. The van der Waals surface area contributed by atoms with Crippen LogP contribution < -0.4 is 10.1 Å². The van der Waals surface area contributed by atoms with E-state index in [2.05, 4.69) is 10.3 Å². The molecule has 0 saturated heterocycles. The number of halogens is 2. The van der Waals surface area contributed by atoms with Crippen LogP contribution >= 0.6 is 23.2 Å². The number of carboxylic acid groups (broad SMARTS) is 1. The topological polar surface area (TPSA) is 88.5 Å². The number of carbonyl (C=O) groups excluding carboxylic acids is 1. The Hall–Kier alpha value is -3.87. The van der Waals surface area contributed by atoms with Gasteiger partial charge in [0.05, 0.1) is 10.0 Å². The molecule has 0 unspecified atom stereocenters. The fourth-order valence-electron chi connectivity index (χ4n) is 3.58. The first-order chi connectivity index (χ1) is 17.4. The van der Waals surface area contributed by atoms with Gasteiger partial charge in [0.25, 0.3) is 5.91 Å². The predicted molar refractivity (Wildman–Crippen MR) is 140 cm³/mol. The van der Waals surface area contributed by atoms with Gasteiger partial charge in [0, 0.05) is 29.9 Å². The van der Waals surface area contributed by atoms with Crippen LogP contribution in [0.2, 0.25) is 10.0 Å². The van der Waals surface area contributed by atoms with Crippen LogP contribution in [0.3, 0.4) is 0 Å². The minimum Gasteiger partial charge on any atom is -0.489 e. The second-order valence-corrected chi connectivity index (χ2v) is 8.84. The molecule has 0 aliphatic rings. The molecule has 2 N–H and O–H groups in total. The molecule has 0 aliphatic heterocycles. The van der Waals surface area contributed by atoms with Crippen molar-refractivity contribution in [1.82, 2.24) is 10.3 Å². The maximum Gasteiger partial charge on any atom is 0.326 e. The van der Waals surface area contributed by atoms with Crippen LogP contribution in [-0.4, -0.2) is 28.0 Å². The normalized spacial score (nSPS) is 11.5. The summed E-state index contributed by atoms with van der Waals surface area (Å²) in [7, 11) is 0. The highest BCUT2D eigenvalue weighted by molar-refractivity contribution is 6.35. The van der Waals surface area contributed by atoms with Crippen LogP contribution in [0.1, 0.15) is 21.5 Å². The number of carboxylic acids is 1. The predicted octanol–water partition coefficient (Wildman–Crippen LogP) is 6.06. The van der Waals surface area contributed by atoms with Crippen LogP contribution in [0, 0.1) is 0 Å². The number of nitrogens with one attached hydrogen (secondary N) is 1. The molecule has 6 nitrogen and oxygen atoms in total. The van der Waals surface area contributed by atoms with Gasteiger partial charge in [-0.3, -0.25) is 9.78 Å². The Labute approximate surface area is 218 Å². The molecule has 1 amide bonds. The zero-order valence-corrected chi connectivity index (χ0v) is 20.5. The van der Waals surface area contributed by atoms with Gasteiger partial charge in [0.1, 0.15) is 18.4 Å². The Bertz CT molecular complexity index is 1320. The molecule has 0 bridgehead atoms. The van der Waals surface area contributed by atoms with E-state index in [4.69, 9.17) is 27.9 Å². The Morgan fingerprint density at radius 1 is 0.861 bits per heavy atom. The van der Waals surface area contributed by atoms with Crippen LogP contribution in [0.4, 0.5) is 0 Å². The Kier molecular flexibility index (Phi) is 8.21. The number of aromatic nitrogens is 1. The fourth-order valence-corrected chi connectivity index (χ4v) is 4.05. The quantitative estimate of drug-likeness (QED) is 0.280. The number of hydrogen-bond acceptors (Lipinski definition) is 4. The van der Waals surface area contributed by atoms with E-state index in [1.54, 1.807) is 36.4 Å². The lowest BCUT2D eigenvalue weighted by molar-refractivity contribution is -0.139. The van der Waals surface area contributed by atoms with Crippen LogP contribution in [0.15, 0.2) is 91.3 Å². The number of rotatable bonds is 9. The number of nitrogens with zero attached hydrogens (tertiary/aromatic N) is 1. The summed E-state index contributed by atoms with van der Waals surface area (Å²) in [6.07, 6.45) is 3.10. The van der Waals surface area contributed by atoms with Crippen molar-refractivity contribution in [1.29, 1.82) is 0 Å². The molecule has 0 radical (unpaired) electrons. The Balaban J connectivity index is 1.36. The van der Waals surface area contributed by atoms with E-state index in [1.807, 2.05) is 42.5 Å². The maximum absolute atomic E-state index is 12.7. The smallest absolute Gasteiger partial charge is 0.326 e. The van der Waals surface area contributed by atoms with Crippen molar-refractivity contribution in [2.75, 3.05) is 0 Å². The first kappa shape index (κ1) is 25.2. The lowest BCUT2D eigenvalue weighted by Crippen LogP contribution is -2.42. The minimum atomic E-state index is -1.12. The highest BCUT2D eigenvalue weighted by Gasteiger charge is 2.21. The van der Waals surface area contributed by atoms with Gasteiger partial charge in [-0.1, -0.05) is 77.8 Å². The van der Waals surface area contributed by atoms with Crippen molar-refractivity contribution in [2.24, 2.45) is 0 Å². The van der Waals surface area contributed by atoms with Crippen LogP contribution in [-0.2, 0) is 17.8 Å². The number of aliphatic carboxylic acids is 1. The van der Waals surface area contributed by atoms with Crippen molar-refractivity contribution >= 4 is 35.1 Å².